The van der Waals surface area contributed by atoms with Crippen LogP contribution < -0.4 is 10.0 Å². The summed E-state index contributed by atoms with van der Waals surface area (Å²) in [7, 11) is -4.27. The van der Waals surface area contributed by atoms with Gasteiger partial charge in [-0.2, -0.15) is 4.72 Å². The van der Waals surface area contributed by atoms with E-state index >= 15 is 0 Å². The molecule has 1 saturated carbocycles. The number of halogens is 2. The SMILES string of the molecule is CC(Cc1c[nH]c2ccccc12)(NS(=O)(=O)c1ccc(F)c(Cl)c1)C(=O)NC(c1ccccn1)C1CCCCC1. The fraction of sp³-hybridized carbons (Fsp3) is 0.333. The number of pyridine rings is 1. The van der Waals surface area contributed by atoms with E-state index in [0.29, 0.717) is 0 Å². The van der Waals surface area contributed by atoms with E-state index in [9.17, 15) is 17.6 Å². The quantitative estimate of drug-likeness (QED) is 0.223. The summed E-state index contributed by atoms with van der Waals surface area (Å²) < 4.78 is 43.6. The molecule has 3 N–H and O–H groups in total. The van der Waals surface area contributed by atoms with Gasteiger partial charge in [-0.1, -0.05) is 55.1 Å². The zero-order valence-corrected chi connectivity index (χ0v) is 23.7. The van der Waals surface area contributed by atoms with Gasteiger partial charge < -0.3 is 10.3 Å². The summed E-state index contributed by atoms with van der Waals surface area (Å²) in [5.74, 6) is -1.03. The van der Waals surface area contributed by atoms with Crippen LogP contribution in [0.3, 0.4) is 0 Å². The topological polar surface area (TPSA) is 104 Å². The summed E-state index contributed by atoms with van der Waals surface area (Å²) in [6.07, 6.45) is 8.72. The molecule has 0 aliphatic heterocycles. The van der Waals surface area contributed by atoms with E-state index in [1.54, 1.807) is 19.3 Å². The Morgan fingerprint density at radius 2 is 1.88 bits per heavy atom. The molecular formula is C30H32ClFN4O3S. The van der Waals surface area contributed by atoms with E-state index in [-0.39, 0.29) is 28.3 Å². The first-order chi connectivity index (χ1) is 19.2. The molecule has 5 rings (SSSR count). The van der Waals surface area contributed by atoms with Crippen molar-refractivity contribution in [1.82, 2.24) is 20.0 Å². The van der Waals surface area contributed by atoms with Crippen LogP contribution in [0.4, 0.5) is 4.39 Å². The van der Waals surface area contributed by atoms with Crippen molar-refractivity contribution in [2.45, 2.75) is 61.9 Å². The Kier molecular flexibility index (Phi) is 8.26. The number of rotatable bonds is 9. The second-order valence-electron chi connectivity index (χ2n) is 10.7. The van der Waals surface area contributed by atoms with Crippen LogP contribution in [-0.2, 0) is 21.2 Å². The van der Waals surface area contributed by atoms with E-state index in [1.807, 2.05) is 42.5 Å². The number of hydrogen-bond donors (Lipinski definition) is 3. The minimum Gasteiger partial charge on any atom is -0.361 e. The van der Waals surface area contributed by atoms with E-state index in [2.05, 4.69) is 20.0 Å². The van der Waals surface area contributed by atoms with Crippen molar-refractivity contribution in [2.75, 3.05) is 0 Å². The van der Waals surface area contributed by atoms with Crippen molar-refractivity contribution in [1.29, 1.82) is 0 Å². The number of para-hydroxylation sites is 1. The van der Waals surface area contributed by atoms with E-state index in [4.69, 9.17) is 11.6 Å². The van der Waals surface area contributed by atoms with E-state index in [0.717, 1.165) is 72.5 Å². The monoisotopic (exact) mass is 582 g/mol. The van der Waals surface area contributed by atoms with Gasteiger partial charge in [0, 0.05) is 29.7 Å². The number of amides is 1. The van der Waals surface area contributed by atoms with Crippen LogP contribution in [0.5, 0.6) is 0 Å². The number of hydrogen-bond acceptors (Lipinski definition) is 4. The Balaban J connectivity index is 1.52. The third-order valence-corrected chi connectivity index (χ3v) is 9.58. The highest BCUT2D eigenvalue weighted by molar-refractivity contribution is 7.89. The Hall–Kier alpha value is -3.27. The van der Waals surface area contributed by atoms with Gasteiger partial charge in [0.05, 0.1) is 21.7 Å². The highest BCUT2D eigenvalue weighted by Gasteiger charge is 2.41. The number of nitrogens with zero attached hydrogens (tertiary/aromatic N) is 1. The summed E-state index contributed by atoms with van der Waals surface area (Å²) in [5.41, 5.74) is 0.791. The molecule has 2 unspecified atom stereocenters. The molecular weight excluding hydrogens is 551 g/mol. The Bertz CT molecular complexity index is 1610. The average molecular weight is 583 g/mol. The van der Waals surface area contributed by atoms with Crippen LogP contribution in [0, 0.1) is 11.7 Å². The fourth-order valence-electron chi connectivity index (χ4n) is 5.58. The number of aromatic amines is 1. The van der Waals surface area contributed by atoms with Crippen LogP contribution >= 0.6 is 11.6 Å². The molecule has 1 fully saturated rings. The highest BCUT2D eigenvalue weighted by atomic mass is 35.5. The van der Waals surface area contributed by atoms with Crippen LogP contribution in [-0.4, -0.2) is 29.8 Å². The van der Waals surface area contributed by atoms with Gasteiger partial charge in [-0.15, -0.1) is 0 Å². The standard InChI is InChI=1S/C30H32ClFN4O3S/c1-30(18-21-19-34-26-12-6-5-11-23(21)26,36-40(38,39)22-14-15-25(32)24(31)17-22)29(37)35-28(20-9-3-2-4-10-20)27-13-7-8-16-33-27/h5-8,11-17,19-20,28,34,36H,2-4,9-10,18H2,1H3,(H,35,37). The summed E-state index contributed by atoms with van der Waals surface area (Å²) in [6, 6.07) is 16.0. The first-order valence-corrected chi connectivity index (χ1v) is 15.3. The molecule has 0 saturated heterocycles. The predicted molar refractivity (Wildman–Crippen MR) is 154 cm³/mol. The molecule has 0 spiro atoms. The molecule has 1 aliphatic carbocycles. The lowest BCUT2D eigenvalue weighted by Gasteiger charge is -2.35. The van der Waals surface area contributed by atoms with Crippen molar-refractivity contribution in [3.8, 4) is 0 Å². The molecule has 4 aromatic rings. The molecule has 2 heterocycles. The number of benzene rings is 2. The van der Waals surface area contributed by atoms with Crippen molar-refractivity contribution in [3.63, 3.8) is 0 Å². The Morgan fingerprint density at radius 3 is 2.60 bits per heavy atom. The second-order valence-corrected chi connectivity index (χ2v) is 12.7. The smallest absolute Gasteiger partial charge is 0.241 e. The lowest BCUT2D eigenvalue weighted by Crippen LogP contribution is -2.59. The van der Waals surface area contributed by atoms with Gasteiger partial charge in [-0.05, 0) is 67.6 Å². The van der Waals surface area contributed by atoms with Crippen molar-refractivity contribution in [2.24, 2.45) is 5.92 Å². The molecule has 0 bridgehead atoms. The normalized spacial score (nSPS) is 16.9. The highest BCUT2D eigenvalue weighted by Crippen LogP contribution is 2.35. The first kappa shape index (κ1) is 28.3. The lowest BCUT2D eigenvalue weighted by molar-refractivity contribution is -0.127. The number of aromatic nitrogens is 2. The van der Waals surface area contributed by atoms with Crippen LogP contribution in [0.25, 0.3) is 10.9 Å². The number of H-pyrrole nitrogens is 1. The number of carbonyl (C=O) groups is 1. The zero-order valence-electron chi connectivity index (χ0n) is 22.2. The van der Waals surface area contributed by atoms with Crippen molar-refractivity contribution >= 4 is 38.4 Å². The molecule has 10 heteroatoms. The van der Waals surface area contributed by atoms with Gasteiger partial charge in [0.1, 0.15) is 11.4 Å². The van der Waals surface area contributed by atoms with Gasteiger partial charge in [0.2, 0.25) is 15.9 Å². The van der Waals surface area contributed by atoms with Gasteiger partial charge in [-0.3, -0.25) is 9.78 Å². The van der Waals surface area contributed by atoms with Gasteiger partial charge in [0.15, 0.2) is 0 Å². The molecule has 2 aromatic carbocycles. The molecule has 40 heavy (non-hydrogen) atoms. The third kappa shape index (κ3) is 6.06. The maximum Gasteiger partial charge on any atom is 0.241 e. The maximum atomic E-state index is 14.2. The first-order valence-electron chi connectivity index (χ1n) is 13.4. The lowest BCUT2D eigenvalue weighted by atomic mass is 9.82. The average Bonchev–Trinajstić information content (AvgIpc) is 3.36. The van der Waals surface area contributed by atoms with Crippen LogP contribution in [0.2, 0.25) is 5.02 Å². The molecule has 210 valence electrons. The zero-order chi connectivity index (χ0) is 28.3. The molecule has 1 aliphatic rings. The Morgan fingerprint density at radius 1 is 1.12 bits per heavy atom. The summed E-state index contributed by atoms with van der Waals surface area (Å²) >= 11 is 5.90. The number of sulfonamides is 1. The largest absolute Gasteiger partial charge is 0.361 e. The van der Waals surface area contributed by atoms with Crippen LogP contribution in [0.15, 0.2) is 78.0 Å². The third-order valence-electron chi connectivity index (χ3n) is 7.70. The molecule has 2 aromatic heterocycles. The molecule has 1 amide bonds. The molecule has 0 radical (unpaired) electrons. The maximum absolute atomic E-state index is 14.2. The van der Waals surface area contributed by atoms with Crippen LogP contribution in [0.1, 0.15) is 56.3 Å². The number of fused-ring (bicyclic) bond motifs is 1. The minimum absolute atomic E-state index is 0.0661. The number of carbonyl (C=O) groups excluding carboxylic acids is 1. The van der Waals surface area contributed by atoms with Gasteiger partial charge >= 0.3 is 0 Å². The van der Waals surface area contributed by atoms with E-state index in [1.165, 1.54) is 0 Å². The van der Waals surface area contributed by atoms with Gasteiger partial charge in [-0.25, -0.2) is 12.8 Å². The summed E-state index contributed by atoms with van der Waals surface area (Å²) in [6.45, 7) is 1.57. The molecule has 7 nitrogen and oxygen atoms in total. The van der Waals surface area contributed by atoms with Gasteiger partial charge in [0.25, 0.3) is 0 Å². The second kappa shape index (κ2) is 11.7. The Labute approximate surface area is 238 Å². The summed E-state index contributed by atoms with van der Waals surface area (Å²) in [5, 5.41) is 3.74. The fourth-order valence-corrected chi connectivity index (χ4v) is 7.22. The van der Waals surface area contributed by atoms with Crippen molar-refractivity contribution < 1.29 is 17.6 Å². The predicted octanol–water partition coefficient (Wildman–Crippen LogP) is 6.07. The summed E-state index contributed by atoms with van der Waals surface area (Å²) in [4.78, 5) is 21.7. The number of nitrogens with one attached hydrogen (secondary N) is 3. The minimum atomic E-state index is -4.27. The van der Waals surface area contributed by atoms with E-state index < -0.39 is 27.3 Å². The molecule has 2 atom stereocenters. The van der Waals surface area contributed by atoms with Crippen molar-refractivity contribution in [3.05, 3.63) is 95.2 Å².